The van der Waals surface area contributed by atoms with Crippen LogP contribution in [0.2, 0.25) is 0 Å². The van der Waals surface area contributed by atoms with Crippen molar-refractivity contribution in [2.45, 2.75) is 12.5 Å². The van der Waals surface area contributed by atoms with E-state index in [1.807, 2.05) is 42.5 Å². The summed E-state index contributed by atoms with van der Waals surface area (Å²) in [6, 6.07) is 18.4. The van der Waals surface area contributed by atoms with Gasteiger partial charge in [-0.15, -0.1) is 0 Å². The average molecular weight is 280 g/mol. The number of nitriles is 1. The second-order valence-electron chi connectivity index (χ2n) is 4.60. The first kappa shape index (κ1) is 14.8. The molecule has 0 aromatic heterocycles. The number of ether oxygens (including phenoxy) is 1. The predicted octanol–water partition coefficient (Wildman–Crippen LogP) is 3.08. The zero-order chi connectivity index (χ0) is 15.1. The third kappa shape index (κ3) is 3.91. The molecule has 0 bridgehead atoms. The maximum absolute atomic E-state index is 12.2. The molecule has 0 aliphatic heterocycles. The van der Waals surface area contributed by atoms with Crippen molar-refractivity contribution in [3.05, 3.63) is 65.7 Å². The molecule has 21 heavy (non-hydrogen) atoms. The largest absolute Gasteiger partial charge is 0.380 e. The number of anilines is 1. The first-order chi connectivity index (χ1) is 10.2. The molecule has 1 N–H and O–H groups in total. The summed E-state index contributed by atoms with van der Waals surface area (Å²) < 4.78 is 5.06. The van der Waals surface area contributed by atoms with E-state index in [9.17, 15) is 10.1 Å². The molecule has 4 nitrogen and oxygen atoms in total. The molecule has 2 aromatic rings. The van der Waals surface area contributed by atoms with Crippen LogP contribution >= 0.6 is 0 Å². The summed E-state index contributed by atoms with van der Waals surface area (Å²) in [6.07, 6.45) is 0. The van der Waals surface area contributed by atoms with E-state index in [0.717, 1.165) is 5.56 Å². The number of hydrogen-bond donors (Lipinski definition) is 1. The van der Waals surface area contributed by atoms with Crippen LogP contribution in [0.4, 0.5) is 5.69 Å². The molecule has 1 unspecified atom stereocenters. The summed E-state index contributed by atoms with van der Waals surface area (Å²) in [6.45, 7) is 0.476. The molecule has 2 rings (SSSR count). The molecule has 0 saturated carbocycles. The molecular formula is C17H16N2O2. The van der Waals surface area contributed by atoms with Gasteiger partial charge >= 0.3 is 0 Å². The SMILES string of the molecule is COCc1cccc(NC(=O)C(C#N)c2ccccc2)c1. The van der Waals surface area contributed by atoms with Gasteiger partial charge in [-0.05, 0) is 23.3 Å². The van der Waals surface area contributed by atoms with Crippen LogP contribution in [-0.2, 0) is 16.1 Å². The third-order valence-electron chi connectivity index (χ3n) is 3.03. The second-order valence-corrected chi connectivity index (χ2v) is 4.60. The third-order valence-corrected chi connectivity index (χ3v) is 3.03. The summed E-state index contributed by atoms with van der Waals surface area (Å²) in [7, 11) is 1.62. The van der Waals surface area contributed by atoms with Crippen LogP contribution in [0.1, 0.15) is 17.0 Å². The Bertz CT molecular complexity index is 647. The molecule has 1 atom stereocenters. The summed E-state index contributed by atoms with van der Waals surface area (Å²) in [5.41, 5.74) is 2.31. The van der Waals surface area contributed by atoms with Gasteiger partial charge in [0, 0.05) is 12.8 Å². The van der Waals surface area contributed by atoms with Crippen molar-refractivity contribution in [2.75, 3.05) is 12.4 Å². The normalized spacial score (nSPS) is 11.4. The van der Waals surface area contributed by atoms with Gasteiger partial charge in [0.1, 0.15) is 0 Å². The summed E-state index contributed by atoms with van der Waals surface area (Å²) in [4.78, 5) is 12.2. The molecule has 4 heteroatoms. The molecule has 0 radical (unpaired) electrons. The maximum atomic E-state index is 12.2. The van der Waals surface area contributed by atoms with Crippen molar-refractivity contribution >= 4 is 11.6 Å². The number of carbonyl (C=O) groups is 1. The zero-order valence-electron chi connectivity index (χ0n) is 11.7. The van der Waals surface area contributed by atoms with Crippen LogP contribution < -0.4 is 5.32 Å². The minimum Gasteiger partial charge on any atom is -0.380 e. The number of hydrogen-bond acceptors (Lipinski definition) is 3. The fraction of sp³-hybridized carbons (Fsp3) is 0.176. The molecular weight excluding hydrogens is 264 g/mol. The molecule has 0 heterocycles. The number of carbonyl (C=O) groups excluding carboxylic acids is 1. The fourth-order valence-electron chi connectivity index (χ4n) is 2.05. The van der Waals surface area contributed by atoms with Crippen molar-refractivity contribution in [1.82, 2.24) is 0 Å². The monoisotopic (exact) mass is 280 g/mol. The molecule has 0 aliphatic carbocycles. The van der Waals surface area contributed by atoms with Crippen LogP contribution in [0, 0.1) is 11.3 Å². The molecule has 1 amide bonds. The number of nitrogens with one attached hydrogen (secondary N) is 1. The van der Waals surface area contributed by atoms with Crippen molar-refractivity contribution in [1.29, 1.82) is 5.26 Å². The minimum atomic E-state index is -0.822. The van der Waals surface area contributed by atoms with E-state index in [-0.39, 0.29) is 5.91 Å². The van der Waals surface area contributed by atoms with E-state index in [2.05, 4.69) is 5.32 Å². The lowest BCUT2D eigenvalue weighted by molar-refractivity contribution is -0.116. The second kappa shape index (κ2) is 7.22. The Morgan fingerprint density at radius 3 is 2.67 bits per heavy atom. The highest BCUT2D eigenvalue weighted by Gasteiger charge is 2.19. The Balaban J connectivity index is 2.13. The lowest BCUT2D eigenvalue weighted by atomic mass is 10.00. The van der Waals surface area contributed by atoms with Gasteiger partial charge < -0.3 is 10.1 Å². The van der Waals surface area contributed by atoms with Crippen molar-refractivity contribution in [2.24, 2.45) is 0 Å². The number of amides is 1. The predicted molar refractivity (Wildman–Crippen MR) is 80.6 cm³/mol. The summed E-state index contributed by atoms with van der Waals surface area (Å²) in [5, 5.41) is 12.0. The van der Waals surface area contributed by atoms with Crippen molar-refractivity contribution in [3.8, 4) is 6.07 Å². The summed E-state index contributed by atoms with van der Waals surface area (Å²) >= 11 is 0. The van der Waals surface area contributed by atoms with Gasteiger partial charge in [0.15, 0.2) is 5.92 Å². The standard InChI is InChI=1S/C17H16N2O2/c1-21-12-13-6-5-9-15(10-13)19-17(20)16(11-18)14-7-3-2-4-8-14/h2-10,16H,12H2,1H3,(H,19,20). The van der Waals surface area contributed by atoms with E-state index >= 15 is 0 Å². The Labute approximate surface area is 124 Å². The molecule has 2 aromatic carbocycles. The van der Waals surface area contributed by atoms with Gasteiger partial charge in [0.25, 0.3) is 0 Å². The number of nitrogens with zero attached hydrogens (tertiary/aromatic N) is 1. The Morgan fingerprint density at radius 2 is 2.00 bits per heavy atom. The average Bonchev–Trinajstić information content (AvgIpc) is 2.50. The first-order valence-corrected chi connectivity index (χ1v) is 6.58. The highest BCUT2D eigenvalue weighted by molar-refractivity contribution is 5.97. The fourth-order valence-corrected chi connectivity index (χ4v) is 2.05. The van der Waals surface area contributed by atoms with Gasteiger partial charge in [-0.2, -0.15) is 5.26 Å². The van der Waals surface area contributed by atoms with Crippen LogP contribution in [0.5, 0.6) is 0 Å². The molecule has 0 aliphatic rings. The van der Waals surface area contributed by atoms with Crippen LogP contribution in [-0.4, -0.2) is 13.0 Å². The van der Waals surface area contributed by atoms with E-state index in [1.165, 1.54) is 0 Å². The smallest absolute Gasteiger partial charge is 0.246 e. The van der Waals surface area contributed by atoms with Gasteiger partial charge in [0.05, 0.1) is 12.7 Å². The molecule has 106 valence electrons. The lowest BCUT2D eigenvalue weighted by Crippen LogP contribution is -2.20. The van der Waals surface area contributed by atoms with Crippen LogP contribution in [0.15, 0.2) is 54.6 Å². The van der Waals surface area contributed by atoms with Gasteiger partial charge in [-0.3, -0.25) is 4.79 Å². The highest BCUT2D eigenvalue weighted by atomic mass is 16.5. The van der Waals surface area contributed by atoms with Gasteiger partial charge in [0.2, 0.25) is 5.91 Å². The van der Waals surface area contributed by atoms with E-state index < -0.39 is 5.92 Å². The quantitative estimate of drug-likeness (QED) is 0.915. The van der Waals surface area contributed by atoms with E-state index in [4.69, 9.17) is 4.74 Å². The first-order valence-electron chi connectivity index (χ1n) is 6.58. The van der Waals surface area contributed by atoms with Crippen LogP contribution in [0.25, 0.3) is 0 Å². The van der Waals surface area contributed by atoms with Crippen LogP contribution in [0.3, 0.4) is 0 Å². The Hall–Kier alpha value is -2.64. The van der Waals surface area contributed by atoms with Crippen molar-refractivity contribution in [3.63, 3.8) is 0 Å². The number of rotatable bonds is 5. The summed E-state index contributed by atoms with van der Waals surface area (Å²) in [5.74, 6) is -1.16. The van der Waals surface area contributed by atoms with Crippen molar-refractivity contribution < 1.29 is 9.53 Å². The molecule has 0 spiro atoms. The molecule has 0 saturated heterocycles. The maximum Gasteiger partial charge on any atom is 0.246 e. The van der Waals surface area contributed by atoms with E-state index in [1.54, 1.807) is 25.3 Å². The van der Waals surface area contributed by atoms with Gasteiger partial charge in [-0.1, -0.05) is 42.5 Å². The van der Waals surface area contributed by atoms with Gasteiger partial charge in [-0.25, -0.2) is 0 Å². The number of benzene rings is 2. The highest BCUT2D eigenvalue weighted by Crippen LogP contribution is 2.18. The topological polar surface area (TPSA) is 62.1 Å². The Morgan fingerprint density at radius 1 is 1.24 bits per heavy atom. The zero-order valence-corrected chi connectivity index (χ0v) is 11.7. The lowest BCUT2D eigenvalue weighted by Gasteiger charge is -2.11. The molecule has 0 fully saturated rings. The number of methoxy groups -OCH3 is 1. The Kier molecular flexibility index (Phi) is 5.08. The minimum absolute atomic E-state index is 0.335. The van der Waals surface area contributed by atoms with E-state index in [0.29, 0.717) is 17.9 Å².